The SMILES string of the molecule is O=C(Nc1cnc2n1CCCC2)c1cc(-c2ccncc2)nc2ccccc12. The summed E-state index contributed by atoms with van der Waals surface area (Å²) in [5.41, 5.74) is 3.07. The molecule has 4 aromatic rings. The van der Waals surface area contributed by atoms with E-state index in [0.717, 1.165) is 59.6 Å². The summed E-state index contributed by atoms with van der Waals surface area (Å²) in [6.45, 7) is 0.893. The summed E-state index contributed by atoms with van der Waals surface area (Å²) in [5.74, 6) is 1.65. The summed E-state index contributed by atoms with van der Waals surface area (Å²) in [7, 11) is 0. The Labute approximate surface area is 162 Å². The van der Waals surface area contributed by atoms with Crippen LogP contribution < -0.4 is 5.32 Å². The van der Waals surface area contributed by atoms with E-state index in [9.17, 15) is 4.79 Å². The van der Waals surface area contributed by atoms with Crippen molar-refractivity contribution < 1.29 is 4.79 Å². The highest BCUT2D eigenvalue weighted by molar-refractivity contribution is 6.12. The van der Waals surface area contributed by atoms with E-state index in [1.54, 1.807) is 18.6 Å². The quantitative estimate of drug-likeness (QED) is 0.590. The molecule has 0 fully saturated rings. The Morgan fingerprint density at radius 1 is 1.07 bits per heavy atom. The lowest BCUT2D eigenvalue weighted by atomic mass is 10.0. The Hall–Kier alpha value is -3.54. The molecule has 4 heterocycles. The van der Waals surface area contributed by atoms with Crippen molar-refractivity contribution in [1.29, 1.82) is 0 Å². The first-order valence-corrected chi connectivity index (χ1v) is 9.45. The predicted molar refractivity (Wildman–Crippen MR) is 108 cm³/mol. The molecule has 1 aliphatic heterocycles. The van der Waals surface area contributed by atoms with Crippen molar-refractivity contribution in [3.63, 3.8) is 0 Å². The van der Waals surface area contributed by atoms with E-state index in [-0.39, 0.29) is 5.91 Å². The first-order chi connectivity index (χ1) is 13.8. The lowest BCUT2D eigenvalue weighted by Crippen LogP contribution is -2.18. The lowest BCUT2D eigenvalue weighted by molar-refractivity contribution is 0.102. The molecule has 1 amide bonds. The van der Waals surface area contributed by atoms with Crippen molar-refractivity contribution in [3.05, 3.63) is 72.4 Å². The standard InChI is InChI=1S/C22H19N5O/c28-22(26-21-14-24-20-7-3-4-12-27(20)21)17-13-19(15-8-10-23-11-9-15)25-18-6-2-1-5-16(17)18/h1-2,5-6,8-11,13-14H,3-4,7,12H2,(H,26,28). The molecule has 6 nitrogen and oxygen atoms in total. The number of hydrogen-bond acceptors (Lipinski definition) is 4. The van der Waals surface area contributed by atoms with Crippen LogP contribution in [-0.2, 0) is 13.0 Å². The van der Waals surface area contributed by atoms with Crippen LogP contribution in [0, 0.1) is 0 Å². The molecule has 1 aliphatic rings. The maximum atomic E-state index is 13.2. The van der Waals surface area contributed by atoms with Gasteiger partial charge in [0.2, 0.25) is 0 Å². The number of carbonyl (C=O) groups excluding carboxylic acids is 1. The molecular formula is C22H19N5O. The number of amides is 1. The van der Waals surface area contributed by atoms with E-state index in [1.807, 2.05) is 42.5 Å². The number of imidazole rings is 1. The monoisotopic (exact) mass is 369 g/mol. The van der Waals surface area contributed by atoms with Crippen molar-refractivity contribution in [3.8, 4) is 11.3 Å². The van der Waals surface area contributed by atoms with Crippen LogP contribution in [0.25, 0.3) is 22.2 Å². The van der Waals surface area contributed by atoms with Crippen molar-refractivity contribution in [2.24, 2.45) is 0 Å². The number of anilines is 1. The van der Waals surface area contributed by atoms with E-state index < -0.39 is 0 Å². The highest BCUT2D eigenvalue weighted by Crippen LogP contribution is 2.26. The second-order valence-corrected chi connectivity index (χ2v) is 6.93. The second-order valence-electron chi connectivity index (χ2n) is 6.93. The Kier molecular flexibility index (Phi) is 4.09. The van der Waals surface area contributed by atoms with Crippen LogP contribution in [0.5, 0.6) is 0 Å². The van der Waals surface area contributed by atoms with E-state index in [4.69, 9.17) is 4.98 Å². The van der Waals surface area contributed by atoms with Crippen LogP contribution in [0.15, 0.2) is 61.1 Å². The molecule has 0 saturated carbocycles. The average Bonchev–Trinajstić information content (AvgIpc) is 3.16. The molecule has 1 N–H and O–H groups in total. The number of benzene rings is 1. The van der Waals surface area contributed by atoms with Gasteiger partial charge in [0.1, 0.15) is 11.6 Å². The number of nitrogens with zero attached hydrogens (tertiary/aromatic N) is 4. The molecule has 0 atom stereocenters. The fourth-order valence-corrected chi connectivity index (χ4v) is 3.73. The van der Waals surface area contributed by atoms with Crippen LogP contribution in [0.3, 0.4) is 0 Å². The molecule has 28 heavy (non-hydrogen) atoms. The van der Waals surface area contributed by atoms with Crippen LogP contribution in [0.1, 0.15) is 29.0 Å². The van der Waals surface area contributed by atoms with E-state index in [0.29, 0.717) is 5.56 Å². The zero-order chi connectivity index (χ0) is 18.9. The minimum absolute atomic E-state index is 0.151. The zero-order valence-electron chi connectivity index (χ0n) is 15.3. The van der Waals surface area contributed by atoms with Gasteiger partial charge in [-0.2, -0.15) is 0 Å². The van der Waals surface area contributed by atoms with E-state index in [2.05, 4.69) is 19.9 Å². The van der Waals surface area contributed by atoms with Gasteiger partial charge in [-0.1, -0.05) is 18.2 Å². The van der Waals surface area contributed by atoms with E-state index >= 15 is 0 Å². The van der Waals surface area contributed by atoms with Gasteiger partial charge in [-0.05, 0) is 37.1 Å². The number of rotatable bonds is 3. The van der Waals surface area contributed by atoms with Gasteiger partial charge in [0.05, 0.1) is 23.0 Å². The predicted octanol–water partition coefficient (Wildman–Crippen LogP) is 4.08. The maximum Gasteiger partial charge on any atom is 0.257 e. The molecule has 0 aliphatic carbocycles. The van der Waals surface area contributed by atoms with Crippen molar-refractivity contribution in [2.45, 2.75) is 25.8 Å². The van der Waals surface area contributed by atoms with Crippen LogP contribution in [-0.4, -0.2) is 25.4 Å². The molecule has 0 spiro atoms. The lowest BCUT2D eigenvalue weighted by Gasteiger charge is -2.17. The molecule has 0 unspecified atom stereocenters. The Morgan fingerprint density at radius 3 is 2.82 bits per heavy atom. The minimum atomic E-state index is -0.151. The van der Waals surface area contributed by atoms with Crippen LogP contribution in [0.4, 0.5) is 5.82 Å². The highest BCUT2D eigenvalue weighted by atomic mass is 16.1. The first kappa shape index (κ1) is 16.6. The molecule has 0 radical (unpaired) electrons. The molecule has 6 heteroatoms. The van der Waals surface area contributed by atoms with Crippen LogP contribution >= 0.6 is 0 Å². The number of para-hydroxylation sites is 1. The summed E-state index contributed by atoms with van der Waals surface area (Å²) < 4.78 is 2.11. The number of aryl methyl sites for hydroxylation is 1. The number of nitrogens with one attached hydrogen (secondary N) is 1. The van der Waals surface area contributed by atoms with Crippen LogP contribution in [0.2, 0.25) is 0 Å². The number of hydrogen-bond donors (Lipinski definition) is 1. The number of fused-ring (bicyclic) bond motifs is 2. The highest BCUT2D eigenvalue weighted by Gasteiger charge is 2.18. The number of carbonyl (C=O) groups is 1. The molecule has 0 saturated heterocycles. The van der Waals surface area contributed by atoms with Crippen molar-refractivity contribution in [1.82, 2.24) is 19.5 Å². The van der Waals surface area contributed by atoms with Gasteiger partial charge in [-0.25, -0.2) is 9.97 Å². The molecule has 5 rings (SSSR count). The van der Waals surface area contributed by atoms with Gasteiger partial charge in [0.15, 0.2) is 0 Å². The summed E-state index contributed by atoms with van der Waals surface area (Å²) in [5, 5.41) is 3.89. The number of pyridine rings is 2. The second kappa shape index (κ2) is 6.88. The zero-order valence-corrected chi connectivity index (χ0v) is 15.3. The third-order valence-corrected chi connectivity index (χ3v) is 5.15. The molecule has 1 aromatic carbocycles. The maximum absolute atomic E-state index is 13.2. The largest absolute Gasteiger partial charge is 0.315 e. The summed E-state index contributed by atoms with van der Waals surface area (Å²) in [6.07, 6.45) is 8.42. The summed E-state index contributed by atoms with van der Waals surface area (Å²) in [6, 6.07) is 13.4. The number of aromatic nitrogens is 4. The van der Waals surface area contributed by atoms with E-state index in [1.165, 1.54) is 0 Å². The molecule has 3 aromatic heterocycles. The average molecular weight is 369 g/mol. The third kappa shape index (κ3) is 2.93. The van der Waals surface area contributed by atoms with Gasteiger partial charge in [0.25, 0.3) is 5.91 Å². The fraction of sp³-hybridized carbons (Fsp3) is 0.182. The Balaban J connectivity index is 1.57. The normalized spacial score (nSPS) is 13.3. The van der Waals surface area contributed by atoms with Gasteiger partial charge in [-0.15, -0.1) is 0 Å². The molecule has 138 valence electrons. The van der Waals surface area contributed by atoms with Crippen molar-refractivity contribution >= 4 is 22.6 Å². The minimum Gasteiger partial charge on any atom is -0.315 e. The smallest absolute Gasteiger partial charge is 0.257 e. The van der Waals surface area contributed by atoms with Gasteiger partial charge >= 0.3 is 0 Å². The van der Waals surface area contributed by atoms with Gasteiger partial charge in [-0.3, -0.25) is 9.78 Å². The fourth-order valence-electron chi connectivity index (χ4n) is 3.73. The Morgan fingerprint density at radius 2 is 1.93 bits per heavy atom. The topological polar surface area (TPSA) is 72.7 Å². The van der Waals surface area contributed by atoms with Gasteiger partial charge < -0.3 is 9.88 Å². The molecule has 0 bridgehead atoms. The summed E-state index contributed by atoms with van der Waals surface area (Å²) >= 11 is 0. The van der Waals surface area contributed by atoms with Gasteiger partial charge in [0, 0.05) is 36.3 Å². The third-order valence-electron chi connectivity index (χ3n) is 5.15. The first-order valence-electron chi connectivity index (χ1n) is 9.45. The summed E-state index contributed by atoms with van der Waals surface area (Å²) in [4.78, 5) is 26.5. The molecular weight excluding hydrogens is 350 g/mol. The Bertz CT molecular complexity index is 1170. The van der Waals surface area contributed by atoms with Crippen molar-refractivity contribution in [2.75, 3.05) is 5.32 Å².